The summed E-state index contributed by atoms with van der Waals surface area (Å²) >= 11 is 0. The van der Waals surface area contributed by atoms with Crippen LogP contribution in [0.5, 0.6) is 0 Å². The second-order valence-electron chi connectivity index (χ2n) is 7.78. The van der Waals surface area contributed by atoms with Crippen LogP contribution in [0.1, 0.15) is 36.8 Å². The summed E-state index contributed by atoms with van der Waals surface area (Å²) in [5, 5.41) is 0. The number of methoxy groups -OCH3 is 1. The SMILES string of the molecule is COC(=O)[C@@H]1CCCN1C(=O)[C@@H]1CCCN1C(=O)C1Cc2ccccc2C1. The van der Waals surface area contributed by atoms with Crippen LogP contribution in [0.2, 0.25) is 0 Å². The van der Waals surface area contributed by atoms with Crippen molar-refractivity contribution < 1.29 is 19.1 Å². The van der Waals surface area contributed by atoms with Gasteiger partial charge in [0, 0.05) is 19.0 Å². The van der Waals surface area contributed by atoms with Crippen molar-refractivity contribution in [3.05, 3.63) is 35.4 Å². The number of rotatable bonds is 3. The molecule has 2 atom stereocenters. The fourth-order valence-corrected chi connectivity index (χ4v) is 4.86. The third-order valence-corrected chi connectivity index (χ3v) is 6.23. The molecule has 3 aliphatic rings. The maximum Gasteiger partial charge on any atom is 0.328 e. The van der Waals surface area contributed by atoms with Crippen LogP contribution >= 0.6 is 0 Å². The molecule has 2 aliphatic heterocycles. The lowest BCUT2D eigenvalue weighted by molar-refractivity contribution is -0.154. The minimum atomic E-state index is -0.504. The smallest absolute Gasteiger partial charge is 0.328 e. The largest absolute Gasteiger partial charge is 0.467 e. The number of esters is 1. The first-order chi connectivity index (χ1) is 13.1. The minimum Gasteiger partial charge on any atom is -0.467 e. The molecule has 0 bridgehead atoms. The molecule has 6 nitrogen and oxygen atoms in total. The van der Waals surface area contributed by atoms with Crippen LogP contribution in [0.15, 0.2) is 24.3 Å². The summed E-state index contributed by atoms with van der Waals surface area (Å²) in [6.45, 7) is 1.19. The maximum absolute atomic E-state index is 13.2. The number of likely N-dealkylation sites (tertiary alicyclic amines) is 2. The van der Waals surface area contributed by atoms with E-state index in [2.05, 4.69) is 12.1 Å². The van der Waals surface area contributed by atoms with E-state index in [0.29, 0.717) is 25.9 Å². The van der Waals surface area contributed by atoms with E-state index in [1.165, 1.54) is 18.2 Å². The molecule has 4 rings (SSSR count). The fourth-order valence-electron chi connectivity index (χ4n) is 4.86. The predicted molar refractivity (Wildman–Crippen MR) is 98.8 cm³/mol. The molecule has 2 amide bonds. The zero-order chi connectivity index (χ0) is 19.0. The van der Waals surface area contributed by atoms with Gasteiger partial charge in [-0.1, -0.05) is 24.3 Å². The molecule has 2 fully saturated rings. The standard InChI is InChI=1S/C21H26N2O4/c1-27-21(26)18-9-5-11-23(18)20(25)17-8-4-10-22(17)19(24)16-12-14-6-2-3-7-15(14)13-16/h2-3,6-7,16-18H,4-5,8-13H2,1H3/t17-,18-/m0/s1. The summed E-state index contributed by atoms with van der Waals surface area (Å²) in [4.78, 5) is 41.7. The Balaban J connectivity index is 1.47. The molecule has 1 aliphatic carbocycles. The van der Waals surface area contributed by atoms with Gasteiger partial charge in [0.05, 0.1) is 7.11 Å². The zero-order valence-electron chi connectivity index (χ0n) is 15.7. The third-order valence-electron chi connectivity index (χ3n) is 6.23. The van der Waals surface area contributed by atoms with E-state index in [1.807, 2.05) is 12.1 Å². The number of carbonyl (C=O) groups excluding carboxylic acids is 3. The normalized spacial score (nSPS) is 24.9. The summed E-state index contributed by atoms with van der Waals surface area (Å²) in [5.41, 5.74) is 2.48. The summed E-state index contributed by atoms with van der Waals surface area (Å²) < 4.78 is 4.86. The van der Waals surface area contributed by atoms with Gasteiger partial charge in [0.25, 0.3) is 0 Å². The van der Waals surface area contributed by atoms with Gasteiger partial charge in [0.2, 0.25) is 11.8 Å². The molecule has 27 heavy (non-hydrogen) atoms. The minimum absolute atomic E-state index is 0.0780. The second-order valence-corrected chi connectivity index (χ2v) is 7.78. The van der Waals surface area contributed by atoms with Crippen molar-refractivity contribution in [2.24, 2.45) is 5.92 Å². The molecule has 1 aromatic carbocycles. The average Bonchev–Trinajstić information content (AvgIpc) is 3.44. The Hall–Kier alpha value is -2.37. The van der Waals surface area contributed by atoms with Gasteiger partial charge >= 0.3 is 5.97 Å². The fraction of sp³-hybridized carbons (Fsp3) is 0.571. The quantitative estimate of drug-likeness (QED) is 0.758. The monoisotopic (exact) mass is 370 g/mol. The van der Waals surface area contributed by atoms with Crippen molar-refractivity contribution in [2.45, 2.75) is 50.6 Å². The molecule has 0 radical (unpaired) electrons. The topological polar surface area (TPSA) is 66.9 Å². The summed E-state index contributed by atoms with van der Waals surface area (Å²) in [6, 6.07) is 7.24. The second kappa shape index (κ2) is 7.33. The van der Waals surface area contributed by atoms with Gasteiger partial charge in [-0.3, -0.25) is 9.59 Å². The summed E-state index contributed by atoms with van der Waals surface area (Å²) in [5.74, 6) is -0.450. The Morgan fingerprint density at radius 1 is 0.889 bits per heavy atom. The van der Waals surface area contributed by atoms with Crippen LogP contribution in [0.3, 0.4) is 0 Å². The van der Waals surface area contributed by atoms with Gasteiger partial charge in [0.15, 0.2) is 0 Å². The molecular weight excluding hydrogens is 344 g/mol. The lowest BCUT2D eigenvalue weighted by Crippen LogP contribution is -2.52. The first-order valence-corrected chi connectivity index (χ1v) is 9.85. The molecule has 0 unspecified atom stereocenters. The molecule has 1 aromatic rings. The predicted octanol–water partition coefficient (Wildman–Crippen LogP) is 1.56. The van der Waals surface area contributed by atoms with E-state index in [4.69, 9.17) is 4.74 Å². The van der Waals surface area contributed by atoms with E-state index in [0.717, 1.165) is 25.7 Å². The van der Waals surface area contributed by atoms with Crippen molar-refractivity contribution in [1.29, 1.82) is 0 Å². The number of hydrogen-bond donors (Lipinski definition) is 0. The number of nitrogens with zero attached hydrogens (tertiary/aromatic N) is 2. The molecular formula is C21H26N2O4. The Morgan fingerprint density at radius 3 is 2.04 bits per heavy atom. The van der Waals surface area contributed by atoms with Crippen molar-refractivity contribution in [3.8, 4) is 0 Å². The first kappa shape index (κ1) is 18.0. The number of ether oxygens (including phenoxy) is 1. The number of benzene rings is 1. The highest BCUT2D eigenvalue weighted by Gasteiger charge is 2.44. The molecule has 144 valence electrons. The molecule has 0 aromatic heterocycles. The first-order valence-electron chi connectivity index (χ1n) is 9.85. The number of hydrogen-bond acceptors (Lipinski definition) is 4. The van der Waals surface area contributed by atoms with Crippen molar-refractivity contribution in [1.82, 2.24) is 9.80 Å². The van der Waals surface area contributed by atoms with Gasteiger partial charge in [-0.2, -0.15) is 0 Å². The van der Waals surface area contributed by atoms with Crippen molar-refractivity contribution in [2.75, 3.05) is 20.2 Å². The Labute approximate surface area is 159 Å². The molecule has 0 N–H and O–H groups in total. The van der Waals surface area contributed by atoms with Gasteiger partial charge in [-0.05, 0) is 49.7 Å². The van der Waals surface area contributed by atoms with E-state index in [9.17, 15) is 14.4 Å². The van der Waals surface area contributed by atoms with Gasteiger partial charge < -0.3 is 14.5 Å². The highest BCUT2D eigenvalue weighted by atomic mass is 16.5. The molecule has 0 saturated carbocycles. The molecule has 0 spiro atoms. The van der Waals surface area contributed by atoms with Crippen LogP contribution < -0.4 is 0 Å². The van der Waals surface area contributed by atoms with Gasteiger partial charge in [-0.15, -0.1) is 0 Å². The Bertz CT molecular complexity index is 737. The maximum atomic E-state index is 13.2. The zero-order valence-corrected chi connectivity index (χ0v) is 15.7. The van der Waals surface area contributed by atoms with Crippen LogP contribution in [-0.4, -0.2) is 59.9 Å². The lowest BCUT2D eigenvalue weighted by Gasteiger charge is -2.31. The van der Waals surface area contributed by atoms with E-state index >= 15 is 0 Å². The van der Waals surface area contributed by atoms with Crippen molar-refractivity contribution >= 4 is 17.8 Å². The summed E-state index contributed by atoms with van der Waals surface area (Å²) in [6.07, 6.45) is 4.44. The summed E-state index contributed by atoms with van der Waals surface area (Å²) in [7, 11) is 1.35. The Morgan fingerprint density at radius 2 is 1.44 bits per heavy atom. The average molecular weight is 370 g/mol. The highest BCUT2D eigenvalue weighted by molar-refractivity contribution is 5.92. The number of fused-ring (bicyclic) bond motifs is 1. The Kier molecular flexibility index (Phi) is 4.89. The molecule has 2 saturated heterocycles. The van der Waals surface area contributed by atoms with E-state index in [1.54, 1.807) is 9.80 Å². The van der Waals surface area contributed by atoms with Crippen molar-refractivity contribution in [3.63, 3.8) is 0 Å². The van der Waals surface area contributed by atoms with Gasteiger partial charge in [-0.25, -0.2) is 4.79 Å². The van der Waals surface area contributed by atoms with Crippen LogP contribution in [0, 0.1) is 5.92 Å². The van der Waals surface area contributed by atoms with Crippen LogP contribution in [-0.2, 0) is 32.0 Å². The lowest BCUT2D eigenvalue weighted by atomic mass is 10.0. The number of amides is 2. The highest BCUT2D eigenvalue weighted by Crippen LogP contribution is 2.31. The number of carbonyl (C=O) groups is 3. The van der Waals surface area contributed by atoms with E-state index in [-0.39, 0.29) is 23.7 Å². The third kappa shape index (κ3) is 3.22. The van der Waals surface area contributed by atoms with Crippen LogP contribution in [0.4, 0.5) is 0 Å². The van der Waals surface area contributed by atoms with E-state index < -0.39 is 12.1 Å². The molecule has 2 heterocycles. The van der Waals surface area contributed by atoms with Gasteiger partial charge in [0.1, 0.15) is 12.1 Å². The van der Waals surface area contributed by atoms with Crippen LogP contribution in [0.25, 0.3) is 0 Å². The molecule has 6 heteroatoms.